The second-order valence-corrected chi connectivity index (χ2v) is 5.15. The maximum atomic E-state index is 12.1. The van der Waals surface area contributed by atoms with Crippen LogP contribution in [0.3, 0.4) is 0 Å². The number of benzene rings is 2. The molecule has 0 atom stereocenters. The van der Waals surface area contributed by atoms with E-state index in [9.17, 15) is 18.0 Å². The minimum Gasteiger partial charge on any atom is -0.410 e. The molecule has 0 spiro atoms. The van der Waals surface area contributed by atoms with Crippen LogP contribution in [0.5, 0.6) is 5.75 Å². The number of alkyl halides is 3. The molecule has 0 bridgehead atoms. The van der Waals surface area contributed by atoms with E-state index < -0.39 is 12.3 Å². The van der Waals surface area contributed by atoms with Crippen LogP contribution in [0.1, 0.15) is 6.92 Å². The molecule has 2 aromatic rings. The van der Waals surface area contributed by atoms with Crippen LogP contribution in [0.4, 0.5) is 24.5 Å². The molecule has 0 aromatic heterocycles. The predicted molar refractivity (Wildman–Crippen MR) is 94.1 cm³/mol. The third-order valence-corrected chi connectivity index (χ3v) is 3.13. The third-order valence-electron chi connectivity index (χ3n) is 3.13. The van der Waals surface area contributed by atoms with Crippen LogP contribution in [0.15, 0.2) is 64.9 Å². The Bertz CT molecular complexity index is 835. The molecule has 1 amide bonds. The number of hydrogen-bond donors (Lipinski definition) is 3. The van der Waals surface area contributed by atoms with Crippen molar-refractivity contribution in [3.63, 3.8) is 0 Å². The Balaban J connectivity index is 2.01. The highest BCUT2D eigenvalue weighted by atomic mass is 19.4. The van der Waals surface area contributed by atoms with Crippen molar-refractivity contribution in [3.8, 4) is 5.75 Å². The molecule has 0 fully saturated rings. The number of carbonyl (C=O) groups excluding carboxylic acids is 1. The molecular formula is C17H15F3N4O3. The summed E-state index contributed by atoms with van der Waals surface area (Å²) in [5.41, 5.74) is 3.12. The van der Waals surface area contributed by atoms with E-state index in [1.54, 1.807) is 30.3 Å². The smallest absolute Gasteiger partial charge is 0.410 e. The molecule has 0 aliphatic heterocycles. The summed E-state index contributed by atoms with van der Waals surface area (Å²) in [6, 6.07) is 13.3. The van der Waals surface area contributed by atoms with Crippen molar-refractivity contribution in [2.75, 3.05) is 10.7 Å². The molecule has 3 N–H and O–H groups in total. The second-order valence-electron chi connectivity index (χ2n) is 5.15. The van der Waals surface area contributed by atoms with Crippen molar-refractivity contribution >= 4 is 28.7 Å². The number of halogens is 3. The normalized spacial score (nSPS) is 12.4. The van der Waals surface area contributed by atoms with Gasteiger partial charge in [-0.05, 0) is 43.3 Å². The molecule has 0 unspecified atom stereocenters. The maximum Gasteiger partial charge on any atom is 0.573 e. The lowest BCUT2D eigenvalue weighted by Crippen LogP contribution is -2.29. The topological polar surface area (TPSA) is 95.3 Å². The third kappa shape index (κ3) is 6.34. The molecule has 0 aliphatic carbocycles. The Hall–Kier alpha value is -3.56. The van der Waals surface area contributed by atoms with Crippen LogP contribution in [0.2, 0.25) is 0 Å². The Morgan fingerprint density at radius 2 is 1.67 bits per heavy atom. The minimum absolute atomic E-state index is 0.0570. The zero-order valence-corrected chi connectivity index (χ0v) is 14.0. The van der Waals surface area contributed by atoms with E-state index in [-0.39, 0.29) is 17.2 Å². The van der Waals surface area contributed by atoms with Gasteiger partial charge in [0.1, 0.15) is 5.75 Å². The lowest BCUT2D eigenvalue weighted by Gasteiger charge is -2.09. The van der Waals surface area contributed by atoms with Gasteiger partial charge in [0.05, 0.1) is 11.4 Å². The molecule has 0 radical (unpaired) electrons. The van der Waals surface area contributed by atoms with Gasteiger partial charge in [-0.15, -0.1) is 13.2 Å². The van der Waals surface area contributed by atoms with Crippen LogP contribution < -0.4 is 15.5 Å². The first kappa shape index (κ1) is 19.8. The fourth-order valence-electron chi connectivity index (χ4n) is 1.93. The van der Waals surface area contributed by atoms with Crippen LogP contribution in [-0.2, 0) is 4.79 Å². The Morgan fingerprint density at radius 1 is 1.04 bits per heavy atom. The average molecular weight is 380 g/mol. The molecule has 10 heteroatoms. The van der Waals surface area contributed by atoms with E-state index >= 15 is 0 Å². The molecular weight excluding hydrogens is 365 g/mol. The molecule has 0 heterocycles. The van der Waals surface area contributed by atoms with Gasteiger partial charge >= 0.3 is 6.36 Å². The van der Waals surface area contributed by atoms with Crippen molar-refractivity contribution in [3.05, 3.63) is 54.6 Å². The maximum absolute atomic E-state index is 12.1. The standard InChI is InChI=1S/C17H15F3N4O3/c1-11(15(24-26)16(25)21-12-5-3-2-4-6-12)22-23-13-7-9-14(10-8-13)27-17(18,19)20/h2-10,23,26H,1H3,(H,21,25)/b22-11+,24-15+. The fourth-order valence-corrected chi connectivity index (χ4v) is 1.93. The van der Waals surface area contributed by atoms with Crippen LogP contribution in [0, 0.1) is 0 Å². The Labute approximate surface area is 152 Å². The number of ether oxygens (including phenoxy) is 1. The van der Waals surface area contributed by atoms with Gasteiger partial charge in [0.2, 0.25) is 0 Å². The van der Waals surface area contributed by atoms with Gasteiger partial charge in [-0.3, -0.25) is 10.2 Å². The quantitative estimate of drug-likeness (QED) is 0.403. The van der Waals surface area contributed by atoms with E-state index in [2.05, 4.69) is 25.7 Å². The van der Waals surface area contributed by atoms with Crippen molar-refractivity contribution < 1.29 is 27.9 Å². The number of para-hydroxylation sites is 1. The Kier molecular flexibility index (Phi) is 6.36. The molecule has 2 aromatic carbocycles. The number of amides is 1. The van der Waals surface area contributed by atoms with E-state index in [1.165, 1.54) is 19.1 Å². The van der Waals surface area contributed by atoms with E-state index in [1.807, 2.05) is 0 Å². The summed E-state index contributed by atoms with van der Waals surface area (Å²) in [6.45, 7) is 1.42. The second kappa shape index (κ2) is 8.70. The monoisotopic (exact) mass is 380 g/mol. The molecule has 0 saturated carbocycles. The van der Waals surface area contributed by atoms with E-state index in [0.29, 0.717) is 11.4 Å². The molecule has 7 nitrogen and oxygen atoms in total. The summed E-state index contributed by atoms with van der Waals surface area (Å²) in [7, 11) is 0. The highest BCUT2D eigenvalue weighted by Crippen LogP contribution is 2.23. The van der Waals surface area contributed by atoms with E-state index in [4.69, 9.17) is 5.21 Å². The number of rotatable bonds is 6. The lowest BCUT2D eigenvalue weighted by molar-refractivity contribution is -0.274. The van der Waals surface area contributed by atoms with Gasteiger partial charge in [-0.25, -0.2) is 0 Å². The number of hydrazone groups is 1. The first-order chi connectivity index (χ1) is 12.8. The van der Waals surface area contributed by atoms with Crippen molar-refractivity contribution in [2.24, 2.45) is 10.3 Å². The highest BCUT2D eigenvalue weighted by molar-refractivity contribution is 6.68. The van der Waals surface area contributed by atoms with E-state index in [0.717, 1.165) is 12.1 Å². The molecule has 0 aliphatic rings. The van der Waals surface area contributed by atoms with Crippen LogP contribution in [-0.4, -0.2) is 28.9 Å². The molecule has 2 rings (SSSR count). The van der Waals surface area contributed by atoms with Gasteiger partial charge in [0, 0.05) is 5.69 Å². The number of nitrogens with one attached hydrogen (secondary N) is 2. The largest absolute Gasteiger partial charge is 0.573 e. The first-order valence-corrected chi connectivity index (χ1v) is 7.53. The first-order valence-electron chi connectivity index (χ1n) is 7.53. The summed E-state index contributed by atoms with van der Waals surface area (Å²) >= 11 is 0. The van der Waals surface area contributed by atoms with Crippen LogP contribution in [0.25, 0.3) is 0 Å². The van der Waals surface area contributed by atoms with Gasteiger partial charge < -0.3 is 15.3 Å². The number of anilines is 2. The minimum atomic E-state index is -4.78. The molecule has 0 saturated heterocycles. The summed E-state index contributed by atoms with van der Waals surface area (Å²) in [5, 5.41) is 18.4. The summed E-state index contributed by atoms with van der Waals surface area (Å²) in [5.74, 6) is -1.06. The number of carbonyl (C=O) groups is 1. The van der Waals surface area contributed by atoms with Gasteiger partial charge in [0.15, 0.2) is 5.71 Å². The van der Waals surface area contributed by atoms with Gasteiger partial charge in [-0.1, -0.05) is 23.4 Å². The molecule has 27 heavy (non-hydrogen) atoms. The lowest BCUT2D eigenvalue weighted by atomic mass is 10.2. The SMILES string of the molecule is CC(=N\Nc1ccc(OC(F)(F)F)cc1)/C(=N\O)C(=O)Nc1ccccc1. The summed E-state index contributed by atoms with van der Waals surface area (Å²) in [4.78, 5) is 12.1. The predicted octanol–water partition coefficient (Wildman–Crippen LogP) is 3.84. The average Bonchev–Trinajstić information content (AvgIpc) is 2.61. The van der Waals surface area contributed by atoms with Crippen molar-refractivity contribution in [1.82, 2.24) is 0 Å². The highest BCUT2D eigenvalue weighted by Gasteiger charge is 2.30. The fraction of sp³-hybridized carbons (Fsp3) is 0.118. The zero-order valence-electron chi connectivity index (χ0n) is 14.0. The zero-order chi connectivity index (χ0) is 19.9. The van der Waals surface area contributed by atoms with Crippen LogP contribution >= 0.6 is 0 Å². The van der Waals surface area contributed by atoms with Crippen molar-refractivity contribution in [2.45, 2.75) is 13.3 Å². The number of nitrogens with zero attached hydrogens (tertiary/aromatic N) is 2. The summed E-state index contributed by atoms with van der Waals surface area (Å²) in [6.07, 6.45) is -4.78. The summed E-state index contributed by atoms with van der Waals surface area (Å²) < 4.78 is 40.1. The van der Waals surface area contributed by atoms with Crippen molar-refractivity contribution in [1.29, 1.82) is 0 Å². The Morgan fingerprint density at radius 3 is 2.22 bits per heavy atom. The number of hydrogen-bond acceptors (Lipinski definition) is 6. The number of oxime groups is 1. The molecule has 142 valence electrons. The van der Waals surface area contributed by atoms with Gasteiger partial charge in [0.25, 0.3) is 5.91 Å². The van der Waals surface area contributed by atoms with Gasteiger partial charge in [-0.2, -0.15) is 5.10 Å².